The molecular weight excluding hydrogens is 318 g/mol. The van der Waals surface area contributed by atoms with Crippen LogP contribution in [0, 0.1) is 13.8 Å². The molecule has 0 aliphatic carbocycles. The lowest BCUT2D eigenvalue weighted by atomic mass is 10.1. The Kier molecular flexibility index (Phi) is 5.18. The number of benzene rings is 1. The van der Waals surface area contributed by atoms with Crippen LogP contribution in [0.3, 0.4) is 0 Å². The van der Waals surface area contributed by atoms with Gasteiger partial charge in [0.2, 0.25) is 5.91 Å². The van der Waals surface area contributed by atoms with Gasteiger partial charge in [-0.25, -0.2) is 5.01 Å². The molecule has 0 spiro atoms. The fraction of sp³-hybridized carbons (Fsp3) is 0.526. The lowest BCUT2D eigenvalue weighted by Gasteiger charge is -2.26. The summed E-state index contributed by atoms with van der Waals surface area (Å²) in [4.78, 5) is 24.9. The highest BCUT2D eigenvalue weighted by Gasteiger charge is 2.29. The minimum atomic E-state index is -0.217. The van der Waals surface area contributed by atoms with Crippen molar-refractivity contribution in [2.75, 3.05) is 11.6 Å². The van der Waals surface area contributed by atoms with Gasteiger partial charge in [-0.3, -0.25) is 9.59 Å². The third-order valence-corrected chi connectivity index (χ3v) is 4.77. The van der Waals surface area contributed by atoms with Crippen molar-refractivity contribution in [1.29, 1.82) is 0 Å². The van der Waals surface area contributed by atoms with Gasteiger partial charge in [0.15, 0.2) is 0 Å². The number of hydrazone groups is 1. The molecule has 0 radical (unpaired) electrons. The van der Waals surface area contributed by atoms with E-state index in [2.05, 4.69) is 10.4 Å². The van der Waals surface area contributed by atoms with E-state index in [1.54, 1.807) is 0 Å². The fourth-order valence-corrected chi connectivity index (χ4v) is 3.23. The van der Waals surface area contributed by atoms with Gasteiger partial charge in [0.1, 0.15) is 5.71 Å². The quantitative estimate of drug-likeness (QED) is 0.913. The molecule has 2 amide bonds. The summed E-state index contributed by atoms with van der Waals surface area (Å²) in [5.41, 5.74) is 3.14. The summed E-state index contributed by atoms with van der Waals surface area (Å²) in [5, 5.41) is 8.71. The van der Waals surface area contributed by atoms with Crippen molar-refractivity contribution in [2.24, 2.45) is 5.10 Å². The second-order valence-corrected chi connectivity index (χ2v) is 6.86. The van der Waals surface area contributed by atoms with E-state index < -0.39 is 0 Å². The fourth-order valence-electron chi connectivity index (χ4n) is 3.23. The third kappa shape index (κ3) is 3.90. The molecule has 25 heavy (non-hydrogen) atoms. The Morgan fingerprint density at radius 2 is 2.16 bits per heavy atom. The number of carbonyl (C=O) groups excluding carboxylic acids is 2. The van der Waals surface area contributed by atoms with Gasteiger partial charge in [-0.05, 0) is 50.8 Å². The Morgan fingerprint density at radius 1 is 1.36 bits per heavy atom. The Bertz CT molecular complexity index is 708. The molecule has 2 aliphatic heterocycles. The zero-order valence-corrected chi connectivity index (χ0v) is 15.0. The van der Waals surface area contributed by atoms with Gasteiger partial charge < -0.3 is 10.1 Å². The zero-order valence-electron chi connectivity index (χ0n) is 15.0. The molecule has 2 aliphatic rings. The maximum atomic E-state index is 12.6. The maximum Gasteiger partial charge on any atom is 0.267 e. The molecule has 2 heterocycles. The Balaban J connectivity index is 1.78. The molecule has 134 valence electrons. The van der Waals surface area contributed by atoms with Crippen LogP contribution in [0.1, 0.15) is 43.7 Å². The average Bonchev–Trinajstić information content (AvgIpc) is 3.12. The van der Waals surface area contributed by atoms with E-state index in [0.717, 1.165) is 36.3 Å². The summed E-state index contributed by atoms with van der Waals surface area (Å²) in [7, 11) is 0. The molecule has 1 N–H and O–H groups in total. The first-order chi connectivity index (χ1) is 12.0. The first-order valence-electron chi connectivity index (χ1n) is 8.86. The Morgan fingerprint density at radius 3 is 2.88 bits per heavy atom. The molecule has 6 heteroatoms. The third-order valence-electron chi connectivity index (χ3n) is 4.77. The highest BCUT2D eigenvalue weighted by molar-refractivity contribution is 6.40. The summed E-state index contributed by atoms with van der Waals surface area (Å²) in [6.07, 6.45) is 2.70. The molecular formula is C19H25N3O3. The predicted molar refractivity (Wildman–Crippen MR) is 96.6 cm³/mol. The van der Waals surface area contributed by atoms with Crippen molar-refractivity contribution in [1.82, 2.24) is 5.32 Å². The van der Waals surface area contributed by atoms with Crippen LogP contribution in [0.4, 0.5) is 5.69 Å². The summed E-state index contributed by atoms with van der Waals surface area (Å²) in [6, 6.07) is 5.81. The number of nitrogens with zero attached hydrogens (tertiary/aromatic N) is 2. The Labute approximate surface area is 148 Å². The highest BCUT2D eigenvalue weighted by Crippen LogP contribution is 2.25. The van der Waals surface area contributed by atoms with E-state index in [1.165, 1.54) is 5.01 Å². The minimum Gasteiger partial charge on any atom is -0.376 e. The standard InChI is InChI=1S/C19H25N3O3/c1-12-6-7-13(2)16(11-12)22-18(23)9-8-15(21-22)19(24)20-14(3)17-5-4-10-25-17/h6-7,11,14,17H,4-5,8-10H2,1-3H3,(H,20,24)/t14-,17-/m1/s1. The summed E-state index contributed by atoms with van der Waals surface area (Å²) in [6.45, 7) is 6.61. The zero-order chi connectivity index (χ0) is 18.0. The smallest absolute Gasteiger partial charge is 0.267 e. The number of hydrogen-bond donors (Lipinski definition) is 1. The number of aryl methyl sites for hydroxylation is 2. The van der Waals surface area contributed by atoms with E-state index in [0.29, 0.717) is 12.1 Å². The number of rotatable bonds is 4. The van der Waals surface area contributed by atoms with Gasteiger partial charge in [0, 0.05) is 19.4 Å². The minimum absolute atomic E-state index is 0.0601. The molecule has 1 fully saturated rings. The van der Waals surface area contributed by atoms with Crippen LogP contribution in [0.25, 0.3) is 0 Å². The molecule has 1 saturated heterocycles. The summed E-state index contributed by atoms with van der Waals surface area (Å²) < 4.78 is 5.62. The molecule has 0 bridgehead atoms. The van der Waals surface area contributed by atoms with Gasteiger partial charge in [-0.15, -0.1) is 0 Å². The number of ether oxygens (including phenoxy) is 1. The van der Waals surface area contributed by atoms with Crippen LogP contribution in [0.15, 0.2) is 23.3 Å². The number of carbonyl (C=O) groups is 2. The topological polar surface area (TPSA) is 71.0 Å². The molecule has 1 aromatic carbocycles. The van der Waals surface area contributed by atoms with Crippen LogP contribution in [-0.2, 0) is 14.3 Å². The van der Waals surface area contributed by atoms with Gasteiger partial charge >= 0.3 is 0 Å². The second-order valence-electron chi connectivity index (χ2n) is 6.86. The lowest BCUT2D eigenvalue weighted by Crippen LogP contribution is -2.46. The van der Waals surface area contributed by atoms with Crippen LogP contribution in [-0.4, -0.2) is 36.3 Å². The summed E-state index contributed by atoms with van der Waals surface area (Å²) >= 11 is 0. The van der Waals surface area contributed by atoms with Crippen LogP contribution in [0.5, 0.6) is 0 Å². The van der Waals surface area contributed by atoms with Gasteiger partial charge in [-0.2, -0.15) is 5.10 Å². The van der Waals surface area contributed by atoms with Crippen molar-refractivity contribution in [3.05, 3.63) is 29.3 Å². The molecule has 3 rings (SSSR count). The SMILES string of the molecule is Cc1ccc(C)c(N2N=C(C(=O)N[C@H](C)[C@H]3CCCO3)CCC2=O)c1. The molecule has 1 aromatic rings. The number of nitrogens with one attached hydrogen (secondary N) is 1. The van der Waals surface area contributed by atoms with E-state index in [4.69, 9.17) is 4.74 Å². The van der Waals surface area contributed by atoms with Gasteiger partial charge in [-0.1, -0.05) is 12.1 Å². The maximum absolute atomic E-state index is 12.6. The molecule has 0 unspecified atom stereocenters. The highest BCUT2D eigenvalue weighted by atomic mass is 16.5. The number of hydrogen-bond acceptors (Lipinski definition) is 4. The molecule has 2 atom stereocenters. The summed E-state index contributed by atoms with van der Waals surface area (Å²) in [5.74, 6) is -0.303. The van der Waals surface area contributed by atoms with E-state index in [-0.39, 0.29) is 30.4 Å². The van der Waals surface area contributed by atoms with E-state index >= 15 is 0 Å². The normalized spacial score (nSPS) is 21.9. The van der Waals surface area contributed by atoms with Crippen LogP contribution >= 0.6 is 0 Å². The van der Waals surface area contributed by atoms with E-state index in [9.17, 15) is 9.59 Å². The average molecular weight is 343 g/mol. The van der Waals surface area contributed by atoms with Crippen molar-refractivity contribution in [3.63, 3.8) is 0 Å². The number of anilines is 1. The molecule has 0 saturated carbocycles. The predicted octanol–water partition coefficient (Wildman–Crippen LogP) is 2.47. The van der Waals surface area contributed by atoms with Crippen molar-refractivity contribution in [2.45, 2.75) is 58.6 Å². The molecule has 6 nitrogen and oxygen atoms in total. The molecule has 0 aromatic heterocycles. The monoisotopic (exact) mass is 343 g/mol. The first-order valence-corrected chi connectivity index (χ1v) is 8.86. The van der Waals surface area contributed by atoms with Crippen molar-refractivity contribution >= 4 is 23.2 Å². The van der Waals surface area contributed by atoms with E-state index in [1.807, 2.05) is 39.0 Å². The van der Waals surface area contributed by atoms with Crippen molar-refractivity contribution in [3.8, 4) is 0 Å². The number of amides is 2. The van der Waals surface area contributed by atoms with Crippen LogP contribution < -0.4 is 10.3 Å². The first kappa shape index (κ1) is 17.6. The van der Waals surface area contributed by atoms with Gasteiger partial charge in [0.25, 0.3) is 5.91 Å². The van der Waals surface area contributed by atoms with Crippen molar-refractivity contribution < 1.29 is 14.3 Å². The largest absolute Gasteiger partial charge is 0.376 e. The lowest BCUT2D eigenvalue weighted by molar-refractivity contribution is -0.119. The Hall–Kier alpha value is -2.21. The second kappa shape index (κ2) is 7.35. The van der Waals surface area contributed by atoms with Crippen LogP contribution in [0.2, 0.25) is 0 Å². The van der Waals surface area contributed by atoms with Gasteiger partial charge in [0.05, 0.1) is 17.8 Å².